The smallest absolute Gasteiger partial charge is 0.396 e. The number of fused-ring (bicyclic) bond motifs is 5. The van der Waals surface area contributed by atoms with Crippen molar-refractivity contribution in [2.75, 3.05) is 11.5 Å². The van der Waals surface area contributed by atoms with Crippen molar-refractivity contribution in [3.05, 3.63) is 35.2 Å². The van der Waals surface area contributed by atoms with Crippen molar-refractivity contribution in [2.45, 2.75) is 43.2 Å². The summed E-state index contributed by atoms with van der Waals surface area (Å²) in [7, 11) is 0. The topological polar surface area (TPSA) is 91.4 Å². The zero-order chi connectivity index (χ0) is 22.1. The number of alkyl halides is 3. The highest BCUT2D eigenvalue weighted by molar-refractivity contribution is 6.23. The maximum absolute atomic E-state index is 13.4. The van der Waals surface area contributed by atoms with Gasteiger partial charge < -0.3 is 15.0 Å². The SMILES string of the molecule is [3H]OCCC12C[C@@H](O)C(C)(O1)[C@H]1C(=O)N(c3ccc([N+]#[C-])c(C(F)(F)F)c3)C(=O)[C@H]12. The molecule has 154 valence electrons. The molecule has 3 aliphatic heterocycles. The molecule has 2 unspecified atom stereocenters. The third kappa shape index (κ3) is 2.48. The summed E-state index contributed by atoms with van der Waals surface area (Å²) in [5.74, 6) is -3.57. The normalized spacial score (nSPS) is 36.3. The molecule has 0 spiro atoms. The van der Waals surface area contributed by atoms with Gasteiger partial charge in [0.15, 0.2) is 5.69 Å². The Balaban J connectivity index is 1.79. The van der Waals surface area contributed by atoms with E-state index in [1.165, 1.54) is 6.92 Å². The fraction of sp³-hybridized carbons (Fsp3) is 0.526. The van der Waals surface area contributed by atoms with Crippen molar-refractivity contribution in [1.82, 2.24) is 0 Å². The molecule has 0 saturated carbocycles. The Morgan fingerprint density at radius 3 is 2.69 bits per heavy atom. The monoisotopic (exact) mass is 412 g/mol. The van der Waals surface area contributed by atoms with E-state index in [-0.39, 0.29) is 25.1 Å². The van der Waals surface area contributed by atoms with Crippen molar-refractivity contribution < 1.29 is 37.7 Å². The second-order valence-electron chi connectivity index (χ2n) is 7.80. The first-order valence-electron chi connectivity index (χ1n) is 9.34. The maximum Gasteiger partial charge on any atom is 0.407 e. The van der Waals surface area contributed by atoms with Crippen LogP contribution in [-0.4, -0.2) is 47.4 Å². The van der Waals surface area contributed by atoms with Crippen LogP contribution in [0.5, 0.6) is 0 Å². The number of hydrogen-bond donors (Lipinski definition) is 2. The number of aliphatic hydroxyl groups is 2. The van der Waals surface area contributed by atoms with Crippen molar-refractivity contribution in [2.24, 2.45) is 11.8 Å². The van der Waals surface area contributed by atoms with Crippen molar-refractivity contribution in [1.29, 1.82) is 1.43 Å². The highest BCUT2D eigenvalue weighted by atomic mass is 19.4. The molecule has 29 heavy (non-hydrogen) atoms. The van der Waals surface area contributed by atoms with Crippen LogP contribution in [0.3, 0.4) is 0 Å². The fourth-order valence-electron chi connectivity index (χ4n) is 5.04. The first-order valence-corrected chi connectivity index (χ1v) is 8.93. The van der Waals surface area contributed by atoms with E-state index in [2.05, 4.69) is 9.95 Å². The van der Waals surface area contributed by atoms with Gasteiger partial charge in [-0.3, -0.25) is 9.59 Å². The Kier molecular flexibility index (Phi) is 3.84. The average molecular weight is 412 g/mol. The molecule has 2 N–H and O–H groups in total. The van der Waals surface area contributed by atoms with E-state index in [1.54, 1.807) is 0 Å². The molecular formula is C19H17F3N2O5. The van der Waals surface area contributed by atoms with E-state index in [9.17, 15) is 27.9 Å². The number of halogens is 3. The van der Waals surface area contributed by atoms with E-state index in [4.69, 9.17) is 12.7 Å². The summed E-state index contributed by atoms with van der Waals surface area (Å²) in [6, 6.07) is 2.66. The lowest BCUT2D eigenvalue weighted by Crippen LogP contribution is -2.49. The quantitative estimate of drug-likeness (QED) is 0.584. The van der Waals surface area contributed by atoms with Gasteiger partial charge in [-0.1, -0.05) is 6.07 Å². The zero-order valence-corrected chi connectivity index (χ0v) is 15.2. The molecule has 3 saturated heterocycles. The third-order valence-electron chi connectivity index (χ3n) is 6.30. The molecule has 2 amide bonds. The minimum atomic E-state index is -4.84. The van der Waals surface area contributed by atoms with Gasteiger partial charge in [0.25, 0.3) is 0 Å². The first-order chi connectivity index (χ1) is 14.0. The molecule has 5 atom stereocenters. The standard InChI is InChI=1S/C19H17F3N2O5/c1-17-12(26)8-18(29-17,5-6-25)14-13(17)15(27)24(16(14)28)9-3-4-11(23-2)10(7-9)19(20,21)22/h3-4,7,12-14,25-26H,5-6,8H2,1H3/t12-,13-,14+,17?,18?/m1/s1/i25T. The number of carbonyl (C=O) groups is 2. The minimum Gasteiger partial charge on any atom is -0.396 e. The minimum absolute atomic E-state index is 0.0470. The second kappa shape index (κ2) is 6.01. The molecule has 3 fully saturated rings. The van der Waals surface area contributed by atoms with Gasteiger partial charge >= 0.3 is 6.18 Å². The predicted octanol–water partition coefficient (Wildman–Crippen LogP) is 2.04. The summed E-state index contributed by atoms with van der Waals surface area (Å²) < 4.78 is 52.9. The molecule has 3 aliphatic rings. The van der Waals surface area contributed by atoms with Crippen LogP contribution in [0.15, 0.2) is 18.2 Å². The van der Waals surface area contributed by atoms with Crippen LogP contribution >= 0.6 is 0 Å². The summed E-state index contributed by atoms with van der Waals surface area (Å²) >= 11 is 0. The summed E-state index contributed by atoms with van der Waals surface area (Å²) in [5.41, 5.74) is -4.79. The Bertz CT molecular complexity index is 980. The zero-order valence-electron chi connectivity index (χ0n) is 16.2. The summed E-state index contributed by atoms with van der Waals surface area (Å²) in [4.78, 5) is 30.0. The summed E-state index contributed by atoms with van der Waals surface area (Å²) in [6.07, 6.45) is -5.78. The first kappa shape index (κ1) is 18.5. The number of rotatable bonds is 4. The fourth-order valence-corrected chi connectivity index (χ4v) is 5.04. The van der Waals surface area contributed by atoms with Crippen LogP contribution in [0.4, 0.5) is 24.5 Å². The Morgan fingerprint density at radius 1 is 1.38 bits per heavy atom. The molecule has 3 heterocycles. The number of ether oxygens (including phenoxy) is 1. The predicted molar refractivity (Wildman–Crippen MR) is 91.7 cm³/mol. The van der Waals surface area contributed by atoms with E-state index in [0.717, 1.165) is 12.1 Å². The van der Waals surface area contributed by atoms with Gasteiger partial charge in [-0.15, -0.1) is 0 Å². The van der Waals surface area contributed by atoms with Gasteiger partial charge in [-0.2, -0.15) is 13.2 Å². The Labute approximate surface area is 165 Å². The average Bonchev–Trinajstić information content (AvgIpc) is 3.21. The number of amides is 2. The van der Waals surface area contributed by atoms with Crippen LogP contribution in [0, 0.1) is 18.4 Å². The van der Waals surface area contributed by atoms with Crippen molar-refractivity contribution >= 4 is 23.2 Å². The number of anilines is 1. The number of carbonyl (C=O) groups excluding carboxylic acids is 2. The summed E-state index contributed by atoms with van der Waals surface area (Å²) in [5, 5.41) is 14.8. The van der Waals surface area contributed by atoms with Crippen LogP contribution in [-0.2, 0) is 20.5 Å². The van der Waals surface area contributed by atoms with E-state index in [1.807, 2.05) is 0 Å². The number of hydrogen-bond acceptors (Lipinski definition) is 5. The highest BCUT2D eigenvalue weighted by Gasteiger charge is 2.76. The Morgan fingerprint density at radius 2 is 2.07 bits per heavy atom. The molecule has 1 aromatic carbocycles. The molecule has 7 nitrogen and oxygen atoms in total. The lowest BCUT2D eigenvalue weighted by Gasteiger charge is -2.33. The van der Waals surface area contributed by atoms with Crippen molar-refractivity contribution in [3.63, 3.8) is 0 Å². The number of aliphatic hydroxyl groups excluding tert-OH is 2. The molecule has 1 aromatic rings. The molecule has 4 rings (SSSR count). The molecule has 0 radical (unpaired) electrons. The number of nitrogens with zero attached hydrogens (tertiary/aromatic N) is 2. The van der Waals surface area contributed by atoms with E-state index < -0.39 is 58.4 Å². The molecular weight excluding hydrogens is 393 g/mol. The maximum atomic E-state index is 13.4. The van der Waals surface area contributed by atoms with Gasteiger partial charge in [-0.25, -0.2) is 9.74 Å². The molecule has 2 bridgehead atoms. The Hall–Kier alpha value is -2.48. The van der Waals surface area contributed by atoms with Crippen LogP contribution in [0.2, 0.25) is 0 Å². The van der Waals surface area contributed by atoms with Crippen molar-refractivity contribution in [3.8, 4) is 0 Å². The van der Waals surface area contributed by atoms with Crippen LogP contribution in [0.25, 0.3) is 4.85 Å². The highest BCUT2D eigenvalue weighted by Crippen LogP contribution is 2.62. The van der Waals surface area contributed by atoms with Gasteiger partial charge in [-0.05, 0) is 19.1 Å². The lowest BCUT2D eigenvalue weighted by molar-refractivity contribution is -0.137. The molecule has 0 aromatic heterocycles. The van der Waals surface area contributed by atoms with Gasteiger partial charge in [0.1, 0.15) is 5.60 Å². The van der Waals surface area contributed by atoms with E-state index in [0.29, 0.717) is 11.0 Å². The third-order valence-corrected chi connectivity index (χ3v) is 6.30. The summed E-state index contributed by atoms with van der Waals surface area (Å²) in [6.45, 7) is 8.33. The van der Waals surface area contributed by atoms with Crippen LogP contribution < -0.4 is 4.90 Å². The largest absolute Gasteiger partial charge is 0.407 e. The lowest BCUT2D eigenvalue weighted by atomic mass is 9.66. The van der Waals surface area contributed by atoms with Gasteiger partial charge in [0, 0.05) is 25.1 Å². The van der Waals surface area contributed by atoms with Crippen LogP contribution in [0.1, 0.15) is 25.3 Å². The number of imide groups is 1. The van der Waals surface area contributed by atoms with E-state index >= 15 is 0 Å². The van der Waals surface area contributed by atoms with Gasteiger partial charge in [0.05, 0.1) is 35.7 Å². The second-order valence-corrected chi connectivity index (χ2v) is 7.80. The number of benzene rings is 1. The molecule has 10 heteroatoms. The van der Waals surface area contributed by atoms with Gasteiger partial charge in [0.2, 0.25) is 13.2 Å². The molecule has 0 aliphatic carbocycles.